The summed E-state index contributed by atoms with van der Waals surface area (Å²) in [5, 5.41) is 9.20. The van der Waals surface area contributed by atoms with Crippen LogP contribution in [-0.4, -0.2) is 34.0 Å². The molecule has 2 aliphatic heterocycles. The normalized spacial score (nSPS) is 29.6. The summed E-state index contributed by atoms with van der Waals surface area (Å²) in [5.41, 5.74) is 5.99. The van der Waals surface area contributed by atoms with Crippen molar-refractivity contribution in [2.45, 2.75) is 43.8 Å². The fourth-order valence-corrected chi connectivity index (χ4v) is 3.37. The molecule has 19 heavy (non-hydrogen) atoms. The SMILES string of the molecule is NC1CC2CCC(C1)N2C(=O)c1ccc(O)cc1F. The second-order valence-electron chi connectivity index (χ2n) is 5.49. The Hall–Kier alpha value is -1.62. The zero-order valence-corrected chi connectivity index (χ0v) is 10.6. The summed E-state index contributed by atoms with van der Waals surface area (Å²) in [4.78, 5) is 14.3. The number of halogens is 1. The third-order valence-electron chi connectivity index (χ3n) is 4.19. The summed E-state index contributed by atoms with van der Waals surface area (Å²) in [7, 11) is 0. The van der Waals surface area contributed by atoms with Gasteiger partial charge in [0.1, 0.15) is 11.6 Å². The van der Waals surface area contributed by atoms with E-state index in [-0.39, 0.29) is 35.3 Å². The number of piperidine rings is 1. The van der Waals surface area contributed by atoms with E-state index in [1.54, 1.807) is 4.90 Å². The van der Waals surface area contributed by atoms with E-state index in [2.05, 4.69) is 0 Å². The highest BCUT2D eigenvalue weighted by Crippen LogP contribution is 2.36. The Bertz CT molecular complexity index is 506. The molecule has 2 saturated heterocycles. The summed E-state index contributed by atoms with van der Waals surface area (Å²) in [5.74, 6) is -1.12. The van der Waals surface area contributed by atoms with E-state index in [1.807, 2.05) is 0 Å². The van der Waals surface area contributed by atoms with Gasteiger partial charge >= 0.3 is 0 Å². The van der Waals surface area contributed by atoms with Crippen LogP contribution in [0.1, 0.15) is 36.0 Å². The van der Waals surface area contributed by atoms with Gasteiger partial charge in [0, 0.05) is 24.2 Å². The van der Waals surface area contributed by atoms with Crippen LogP contribution >= 0.6 is 0 Å². The van der Waals surface area contributed by atoms with Gasteiger partial charge < -0.3 is 15.7 Å². The zero-order chi connectivity index (χ0) is 13.6. The number of benzene rings is 1. The van der Waals surface area contributed by atoms with E-state index < -0.39 is 5.82 Å². The quantitative estimate of drug-likeness (QED) is 0.810. The molecule has 2 bridgehead atoms. The number of nitrogens with two attached hydrogens (primary N) is 1. The van der Waals surface area contributed by atoms with Gasteiger partial charge in [-0.15, -0.1) is 0 Å². The van der Waals surface area contributed by atoms with Crippen LogP contribution < -0.4 is 5.73 Å². The van der Waals surface area contributed by atoms with Gasteiger partial charge in [-0.3, -0.25) is 4.79 Å². The lowest BCUT2D eigenvalue weighted by Crippen LogP contribution is -2.50. The lowest BCUT2D eigenvalue weighted by atomic mass is 9.97. The Morgan fingerprint density at radius 2 is 1.95 bits per heavy atom. The highest BCUT2D eigenvalue weighted by molar-refractivity contribution is 5.95. The van der Waals surface area contributed by atoms with Crippen LogP contribution in [0.15, 0.2) is 18.2 Å². The maximum absolute atomic E-state index is 13.8. The highest BCUT2D eigenvalue weighted by Gasteiger charge is 2.42. The summed E-state index contributed by atoms with van der Waals surface area (Å²) < 4.78 is 13.8. The van der Waals surface area contributed by atoms with Crippen molar-refractivity contribution in [2.75, 3.05) is 0 Å². The van der Waals surface area contributed by atoms with E-state index >= 15 is 0 Å². The number of carbonyl (C=O) groups excluding carboxylic acids is 1. The lowest BCUT2D eigenvalue weighted by molar-refractivity contribution is 0.0570. The zero-order valence-electron chi connectivity index (χ0n) is 10.6. The topological polar surface area (TPSA) is 66.6 Å². The molecule has 102 valence electrons. The van der Waals surface area contributed by atoms with Crippen LogP contribution in [0.25, 0.3) is 0 Å². The average molecular weight is 264 g/mol. The Balaban J connectivity index is 1.88. The van der Waals surface area contributed by atoms with Crippen LogP contribution in [0.2, 0.25) is 0 Å². The number of hydrogen-bond donors (Lipinski definition) is 2. The molecular formula is C14H17FN2O2. The molecule has 2 heterocycles. The van der Waals surface area contributed by atoms with E-state index in [1.165, 1.54) is 12.1 Å². The summed E-state index contributed by atoms with van der Waals surface area (Å²) in [6, 6.07) is 4.08. The van der Waals surface area contributed by atoms with E-state index in [0.29, 0.717) is 0 Å². The number of nitrogens with zero attached hydrogens (tertiary/aromatic N) is 1. The lowest BCUT2D eigenvalue weighted by Gasteiger charge is -2.37. The second kappa shape index (κ2) is 4.49. The first kappa shape index (κ1) is 12.4. The van der Waals surface area contributed by atoms with Gasteiger partial charge in [-0.05, 0) is 37.8 Å². The number of fused-ring (bicyclic) bond motifs is 2. The molecule has 2 fully saturated rings. The molecule has 2 atom stereocenters. The van der Waals surface area contributed by atoms with E-state index in [0.717, 1.165) is 31.7 Å². The molecule has 3 rings (SSSR count). The minimum Gasteiger partial charge on any atom is -0.508 e. The molecule has 4 nitrogen and oxygen atoms in total. The van der Waals surface area contributed by atoms with Gasteiger partial charge in [-0.25, -0.2) is 4.39 Å². The van der Waals surface area contributed by atoms with Crippen LogP contribution in [0.3, 0.4) is 0 Å². The summed E-state index contributed by atoms with van der Waals surface area (Å²) in [6.07, 6.45) is 3.48. The van der Waals surface area contributed by atoms with Crippen molar-refractivity contribution >= 4 is 5.91 Å². The number of carbonyl (C=O) groups is 1. The fraction of sp³-hybridized carbons (Fsp3) is 0.500. The molecule has 3 N–H and O–H groups in total. The number of rotatable bonds is 1. The predicted octanol–water partition coefficient (Wildman–Crippen LogP) is 1.63. The van der Waals surface area contributed by atoms with Gasteiger partial charge in [0.2, 0.25) is 0 Å². The largest absolute Gasteiger partial charge is 0.508 e. The molecular weight excluding hydrogens is 247 g/mol. The number of phenolic OH excluding ortho intramolecular Hbond substituents is 1. The Labute approximate surface area is 111 Å². The maximum atomic E-state index is 13.8. The first-order chi connectivity index (χ1) is 9.06. The van der Waals surface area contributed by atoms with Crippen LogP contribution in [-0.2, 0) is 0 Å². The minimum atomic E-state index is -0.667. The van der Waals surface area contributed by atoms with Gasteiger partial charge in [-0.1, -0.05) is 0 Å². The molecule has 1 aromatic rings. The summed E-state index contributed by atoms with van der Waals surface area (Å²) >= 11 is 0. The standard InChI is InChI=1S/C14H17FN2O2/c15-13-7-11(18)3-4-12(13)14(19)17-9-1-2-10(17)6-8(16)5-9/h3-4,7-10,18H,1-2,5-6,16H2. The molecule has 1 aromatic carbocycles. The van der Waals surface area contributed by atoms with Crippen LogP contribution in [0.5, 0.6) is 5.75 Å². The van der Waals surface area contributed by atoms with E-state index in [9.17, 15) is 14.3 Å². The van der Waals surface area contributed by atoms with Crippen LogP contribution in [0.4, 0.5) is 4.39 Å². The predicted molar refractivity (Wildman–Crippen MR) is 68.3 cm³/mol. The molecule has 5 heteroatoms. The highest BCUT2D eigenvalue weighted by atomic mass is 19.1. The average Bonchev–Trinajstić information content (AvgIpc) is 2.61. The molecule has 0 radical (unpaired) electrons. The molecule has 1 amide bonds. The maximum Gasteiger partial charge on any atom is 0.257 e. The third-order valence-corrected chi connectivity index (χ3v) is 4.19. The number of phenols is 1. The Morgan fingerprint density at radius 3 is 2.53 bits per heavy atom. The first-order valence-corrected chi connectivity index (χ1v) is 6.63. The molecule has 2 aliphatic rings. The number of aromatic hydroxyl groups is 1. The van der Waals surface area contributed by atoms with Gasteiger partial charge in [-0.2, -0.15) is 0 Å². The second-order valence-corrected chi connectivity index (χ2v) is 5.49. The Morgan fingerprint density at radius 1 is 1.32 bits per heavy atom. The fourth-order valence-electron chi connectivity index (χ4n) is 3.37. The monoisotopic (exact) mass is 264 g/mol. The minimum absolute atomic E-state index is 0.0326. The van der Waals surface area contributed by atoms with Crippen molar-refractivity contribution in [3.8, 4) is 5.75 Å². The smallest absolute Gasteiger partial charge is 0.257 e. The van der Waals surface area contributed by atoms with Crippen molar-refractivity contribution in [3.05, 3.63) is 29.6 Å². The molecule has 2 unspecified atom stereocenters. The van der Waals surface area contributed by atoms with Crippen molar-refractivity contribution < 1.29 is 14.3 Å². The molecule has 0 aliphatic carbocycles. The van der Waals surface area contributed by atoms with Crippen LogP contribution in [0, 0.1) is 5.82 Å². The van der Waals surface area contributed by atoms with E-state index in [4.69, 9.17) is 5.73 Å². The van der Waals surface area contributed by atoms with Gasteiger partial charge in [0.15, 0.2) is 0 Å². The number of hydrogen-bond acceptors (Lipinski definition) is 3. The third kappa shape index (κ3) is 2.08. The van der Waals surface area contributed by atoms with Crippen molar-refractivity contribution in [2.24, 2.45) is 5.73 Å². The Kier molecular flexibility index (Phi) is 2.93. The van der Waals surface area contributed by atoms with Crippen molar-refractivity contribution in [1.82, 2.24) is 4.90 Å². The summed E-state index contributed by atoms with van der Waals surface area (Å²) in [6.45, 7) is 0. The molecule has 0 saturated carbocycles. The van der Waals surface area contributed by atoms with Gasteiger partial charge in [0.05, 0.1) is 5.56 Å². The molecule has 0 spiro atoms. The first-order valence-electron chi connectivity index (χ1n) is 6.63. The molecule has 0 aromatic heterocycles. The van der Waals surface area contributed by atoms with Crippen molar-refractivity contribution in [3.63, 3.8) is 0 Å². The van der Waals surface area contributed by atoms with Crippen molar-refractivity contribution in [1.29, 1.82) is 0 Å². The van der Waals surface area contributed by atoms with Gasteiger partial charge in [0.25, 0.3) is 5.91 Å². The number of amides is 1.